The number of rotatable bonds is 2. The van der Waals surface area contributed by atoms with E-state index in [2.05, 4.69) is 60.9 Å². The highest BCUT2D eigenvalue weighted by molar-refractivity contribution is 14.2. The molecule has 11 heavy (non-hydrogen) atoms. The molecule has 0 fully saturated rings. The SMILES string of the molecule is Cc1ccc(Br)cc1NSI. The van der Waals surface area contributed by atoms with Gasteiger partial charge in [-0.05, 0) is 24.6 Å². The monoisotopic (exact) mass is 343 g/mol. The van der Waals surface area contributed by atoms with Crippen molar-refractivity contribution >= 4 is 51.9 Å². The van der Waals surface area contributed by atoms with Crippen molar-refractivity contribution in [2.75, 3.05) is 4.72 Å². The van der Waals surface area contributed by atoms with Crippen molar-refractivity contribution in [2.45, 2.75) is 6.92 Å². The molecule has 0 aliphatic rings. The minimum Gasteiger partial charge on any atom is -0.321 e. The Hall–Kier alpha value is 0.580. The molecule has 0 aromatic heterocycles. The molecule has 1 rings (SSSR count). The number of halogens is 2. The summed E-state index contributed by atoms with van der Waals surface area (Å²) in [4.78, 5) is 0. The van der Waals surface area contributed by atoms with Gasteiger partial charge in [-0.15, -0.1) is 0 Å². The van der Waals surface area contributed by atoms with E-state index in [-0.39, 0.29) is 0 Å². The molecular formula is C7H7BrINS. The fourth-order valence-corrected chi connectivity index (χ4v) is 2.12. The van der Waals surface area contributed by atoms with Crippen LogP contribution in [-0.2, 0) is 0 Å². The minimum atomic E-state index is 1.11. The van der Waals surface area contributed by atoms with Crippen LogP contribution in [0.25, 0.3) is 0 Å². The zero-order valence-electron chi connectivity index (χ0n) is 5.90. The highest BCUT2D eigenvalue weighted by atomic mass is 127. The Balaban J connectivity index is 2.93. The Morgan fingerprint density at radius 1 is 1.55 bits per heavy atom. The Morgan fingerprint density at radius 2 is 2.27 bits per heavy atom. The number of anilines is 1. The number of benzene rings is 1. The van der Waals surface area contributed by atoms with Gasteiger partial charge in [0.1, 0.15) is 0 Å². The fourth-order valence-electron chi connectivity index (χ4n) is 0.746. The number of aryl methyl sites for hydroxylation is 1. The van der Waals surface area contributed by atoms with Gasteiger partial charge < -0.3 is 4.72 Å². The van der Waals surface area contributed by atoms with Gasteiger partial charge >= 0.3 is 0 Å². The quantitative estimate of drug-likeness (QED) is 0.639. The van der Waals surface area contributed by atoms with Crippen LogP contribution in [0.2, 0.25) is 0 Å². The van der Waals surface area contributed by atoms with Crippen LogP contribution in [0.3, 0.4) is 0 Å². The molecule has 1 aromatic rings. The second-order valence-corrected chi connectivity index (χ2v) is 4.73. The highest BCUT2D eigenvalue weighted by Crippen LogP contribution is 2.24. The number of hydrogen-bond donors (Lipinski definition) is 1. The van der Waals surface area contributed by atoms with E-state index in [1.165, 1.54) is 11.3 Å². The summed E-state index contributed by atoms with van der Waals surface area (Å²) < 4.78 is 4.30. The maximum Gasteiger partial charge on any atom is 0.0487 e. The summed E-state index contributed by atoms with van der Waals surface area (Å²) in [6, 6.07) is 6.19. The van der Waals surface area contributed by atoms with E-state index in [1.807, 2.05) is 6.07 Å². The minimum absolute atomic E-state index is 1.11. The van der Waals surface area contributed by atoms with Crippen molar-refractivity contribution < 1.29 is 0 Å². The zero-order valence-corrected chi connectivity index (χ0v) is 10.5. The molecule has 0 unspecified atom stereocenters. The summed E-state index contributed by atoms with van der Waals surface area (Å²) in [5.41, 5.74) is 2.43. The zero-order chi connectivity index (χ0) is 8.27. The number of hydrogen-bond acceptors (Lipinski definition) is 2. The molecule has 0 atom stereocenters. The van der Waals surface area contributed by atoms with Crippen molar-refractivity contribution in [3.63, 3.8) is 0 Å². The third kappa shape index (κ3) is 2.83. The maximum absolute atomic E-state index is 3.41. The first kappa shape index (κ1) is 9.67. The second kappa shape index (κ2) is 4.57. The third-order valence-corrected chi connectivity index (χ3v) is 2.80. The Labute approximate surface area is 91.2 Å². The van der Waals surface area contributed by atoms with E-state index in [1.54, 1.807) is 9.12 Å². The van der Waals surface area contributed by atoms with Crippen molar-refractivity contribution in [1.82, 2.24) is 0 Å². The molecule has 0 saturated carbocycles. The first-order valence-electron chi connectivity index (χ1n) is 3.04. The molecule has 0 heterocycles. The summed E-state index contributed by atoms with van der Waals surface area (Å²) in [7, 11) is 1.58. The maximum atomic E-state index is 3.41. The van der Waals surface area contributed by atoms with Gasteiger partial charge in [-0.2, -0.15) is 0 Å². The van der Waals surface area contributed by atoms with E-state index in [4.69, 9.17) is 0 Å². The Morgan fingerprint density at radius 3 is 2.91 bits per heavy atom. The van der Waals surface area contributed by atoms with E-state index >= 15 is 0 Å². The van der Waals surface area contributed by atoms with Crippen LogP contribution in [0.15, 0.2) is 22.7 Å². The average molecular weight is 344 g/mol. The van der Waals surface area contributed by atoms with Crippen LogP contribution < -0.4 is 4.72 Å². The van der Waals surface area contributed by atoms with Gasteiger partial charge in [0.15, 0.2) is 0 Å². The molecule has 0 saturated heterocycles. The van der Waals surface area contributed by atoms with Crippen LogP contribution in [0, 0.1) is 6.92 Å². The van der Waals surface area contributed by atoms with Gasteiger partial charge in [-0.3, -0.25) is 0 Å². The van der Waals surface area contributed by atoms with E-state index in [0.717, 1.165) is 4.47 Å². The average Bonchev–Trinajstić information content (AvgIpc) is 1.98. The molecule has 0 amide bonds. The molecule has 1 aromatic carbocycles. The molecular weight excluding hydrogens is 337 g/mol. The first-order valence-corrected chi connectivity index (χ1v) is 7.19. The van der Waals surface area contributed by atoms with Crippen LogP contribution in [0.1, 0.15) is 5.56 Å². The molecule has 60 valence electrons. The van der Waals surface area contributed by atoms with Crippen molar-refractivity contribution in [2.24, 2.45) is 0 Å². The van der Waals surface area contributed by atoms with Gasteiger partial charge in [0.2, 0.25) is 0 Å². The normalized spacial score (nSPS) is 9.73. The third-order valence-electron chi connectivity index (χ3n) is 1.35. The van der Waals surface area contributed by atoms with Gasteiger partial charge in [-0.1, -0.05) is 22.0 Å². The summed E-state index contributed by atoms with van der Waals surface area (Å²) in [5.74, 6) is 0. The van der Waals surface area contributed by atoms with E-state index < -0.39 is 0 Å². The smallest absolute Gasteiger partial charge is 0.0487 e. The van der Waals surface area contributed by atoms with Crippen molar-refractivity contribution in [3.8, 4) is 0 Å². The van der Waals surface area contributed by atoms with Crippen LogP contribution in [-0.4, -0.2) is 0 Å². The predicted molar refractivity (Wildman–Crippen MR) is 64.1 cm³/mol. The lowest BCUT2D eigenvalue weighted by Gasteiger charge is -2.04. The standard InChI is InChI=1S/C7H7BrINS/c1-5-2-3-6(8)4-7(5)10-11-9/h2-4,10H,1H3. The van der Waals surface area contributed by atoms with Crippen LogP contribution >= 0.6 is 46.3 Å². The fraction of sp³-hybridized carbons (Fsp3) is 0.143. The summed E-state index contributed by atoms with van der Waals surface area (Å²) >= 11 is 5.62. The summed E-state index contributed by atoms with van der Waals surface area (Å²) in [6.45, 7) is 2.08. The lowest BCUT2D eigenvalue weighted by molar-refractivity contribution is 1.46. The van der Waals surface area contributed by atoms with E-state index in [0.29, 0.717) is 0 Å². The summed E-state index contributed by atoms with van der Waals surface area (Å²) in [6.07, 6.45) is 0. The molecule has 1 nitrogen and oxygen atoms in total. The lowest BCUT2D eigenvalue weighted by atomic mass is 10.2. The Kier molecular flexibility index (Phi) is 4.01. The predicted octanol–water partition coefficient (Wildman–Crippen LogP) is 4.17. The molecule has 0 aliphatic carbocycles. The highest BCUT2D eigenvalue weighted by Gasteiger charge is 1.96. The van der Waals surface area contributed by atoms with E-state index in [9.17, 15) is 0 Å². The summed E-state index contributed by atoms with van der Waals surface area (Å²) in [5, 5.41) is 0. The molecule has 0 aliphatic heterocycles. The van der Waals surface area contributed by atoms with Crippen molar-refractivity contribution in [1.29, 1.82) is 0 Å². The van der Waals surface area contributed by atoms with Crippen LogP contribution in [0.4, 0.5) is 5.69 Å². The van der Waals surface area contributed by atoms with Gasteiger partial charge in [0.25, 0.3) is 0 Å². The van der Waals surface area contributed by atoms with Crippen LogP contribution in [0.5, 0.6) is 0 Å². The molecule has 0 spiro atoms. The van der Waals surface area contributed by atoms with Gasteiger partial charge in [-0.25, -0.2) is 0 Å². The second-order valence-electron chi connectivity index (χ2n) is 2.14. The topological polar surface area (TPSA) is 12.0 Å². The molecule has 0 radical (unpaired) electrons. The molecule has 0 bridgehead atoms. The molecule has 1 N–H and O–H groups in total. The largest absolute Gasteiger partial charge is 0.321 e. The van der Waals surface area contributed by atoms with Gasteiger partial charge in [0.05, 0.1) is 0 Å². The lowest BCUT2D eigenvalue weighted by Crippen LogP contribution is -1.85. The molecule has 4 heteroatoms. The first-order chi connectivity index (χ1) is 5.24. The van der Waals surface area contributed by atoms with Crippen molar-refractivity contribution in [3.05, 3.63) is 28.2 Å². The number of nitrogens with one attached hydrogen (secondary N) is 1. The Bertz CT molecular complexity index is 254. The van der Waals surface area contributed by atoms with Gasteiger partial charge in [0, 0.05) is 40.5 Å².